The first-order valence-corrected chi connectivity index (χ1v) is 6.50. The van der Waals surface area contributed by atoms with Gasteiger partial charge in [0, 0.05) is 22.8 Å². The molecule has 0 spiro atoms. The van der Waals surface area contributed by atoms with E-state index in [1.165, 1.54) is 0 Å². The summed E-state index contributed by atoms with van der Waals surface area (Å²) in [5.41, 5.74) is 3.16. The Balaban J connectivity index is 1.80. The molecule has 1 heterocycles. The second-order valence-corrected chi connectivity index (χ2v) is 4.82. The van der Waals surface area contributed by atoms with Gasteiger partial charge in [-0.05, 0) is 30.7 Å². The van der Waals surface area contributed by atoms with Crippen LogP contribution in [-0.4, -0.2) is 6.79 Å². The number of para-hydroxylation sites is 1. The normalized spacial score (nSPS) is 12.5. The molecule has 19 heavy (non-hydrogen) atoms. The molecule has 4 heteroatoms. The predicted octanol–water partition coefficient (Wildman–Crippen LogP) is 3.99. The lowest BCUT2D eigenvalue weighted by Gasteiger charge is -2.12. The molecule has 0 bridgehead atoms. The summed E-state index contributed by atoms with van der Waals surface area (Å²) >= 11 is 6.10. The van der Waals surface area contributed by atoms with Crippen molar-refractivity contribution in [2.75, 3.05) is 12.1 Å². The van der Waals surface area contributed by atoms with Crippen molar-refractivity contribution in [2.24, 2.45) is 0 Å². The quantitative estimate of drug-likeness (QED) is 0.919. The number of halogens is 1. The Morgan fingerprint density at radius 1 is 1.16 bits per heavy atom. The van der Waals surface area contributed by atoms with Gasteiger partial charge in [-0.25, -0.2) is 0 Å². The van der Waals surface area contributed by atoms with E-state index in [1.807, 2.05) is 43.3 Å². The van der Waals surface area contributed by atoms with Crippen LogP contribution in [0.2, 0.25) is 5.02 Å². The largest absolute Gasteiger partial charge is 0.454 e. The van der Waals surface area contributed by atoms with Crippen molar-refractivity contribution in [3.8, 4) is 11.5 Å². The third kappa shape index (κ3) is 2.34. The highest BCUT2D eigenvalue weighted by Crippen LogP contribution is 2.35. The Labute approximate surface area is 117 Å². The highest BCUT2D eigenvalue weighted by Gasteiger charge is 2.16. The molecule has 3 rings (SSSR count). The first kappa shape index (κ1) is 12.2. The third-order valence-electron chi connectivity index (χ3n) is 3.22. The fourth-order valence-electron chi connectivity index (χ4n) is 2.12. The van der Waals surface area contributed by atoms with Crippen molar-refractivity contribution in [2.45, 2.75) is 13.5 Å². The molecule has 0 saturated carbocycles. The van der Waals surface area contributed by atoms with Crippen molar-refractivity contribution in [1.29, 1.82) is 0 Å². The van der Waals surface area contributed by atoms with Crippen LogP contribution in [0.25, 0.3) is 0 Å². The monoisotopic (exact) mass is 275 g/mol. The average Bonchev–Trinajstić information content (AvgIpc) is 2.89. The van der Waals surface area contributed by atoms with Crippen LogP contribution in [-0.2, 0) is 6.54 Å². The first-order valence-electron chi connectivity index (χ1n) is 6.12. The van der Waals surface area contributed by atoms with E-state index in [9.17, 15) is 0 Å². The average molecular weight is 276 g/mol. The van der Waals surface area contributed by atoms with E-state index in [2.05, 4.69) is 5.32 Å². The molecule has 0 aromatic heterocycles. The molecule has 2 aromatic carbocycles. The van der Waals surface area contributed by atoms with Crippen molar-refractivity contribution < 1.29 is 9.47 Å². The number of benzene rings is 2. The lowest BCUT2D eigenvalue weighted by molar-refractivity contribution is 0.173. The summed E-state index contributed by atoms with van der Waals surface area (Å²) in [6, 6.07) is 11.7. The molecule has 0 saturated heterocycles. The van der Waals surface area contributed by atoms with Crippen LogP contribution in [0, 0.1) is 6.92 Å². The number of rotatable bonds is 3. The second-order valence-electron chi connectivity index (χ2n) is 4.42. The zero-order chi connectivity index (χ0) is 13.2. The molecule has 0 amide bonds. The first-order chi connectivity index (χ1) is 9.25. The molecule has 0 atom stereocenters. The molecule has 3 nitrogen and oxygen atoms in total. The summed E-state index contributed by atoms with van der Waals surface area (Å²) in [7, 11) is 0. The van der Waals surface area contributed by atoms with Crippen LogP contribution in [0.1, 0.15) is 11.1 Å². The number of nitrogens with one attached hydrogen (secondary N) is 1. The van der Waals surface area contributed by atoms with Gasteiger partial charge < -0.3 is 14.8 Å². The van der Waals surface area contributed by atoms with Crippen LogP contribution in [0.15, 0.2) is 36.4 Å². The van der Waals surface area contributed by atoms with Gasteiger partial charge in [-0.3, -0.25) is 0 Å². The van der Waals surface area contributed by atoms with Gasteiger partial charge in [0.1, 0.15) is 0 Å². The Morgan fingerprint density at radius 2 is 2.00 bits per heavy atom. The smallest absolute Gasteiger partial charge is 0.231 e. The third-order valence-corrected chi connectivity index (χ3v) is 3.62. The van der Waals surface area contributed by atoms with Crippen molar-refractivity contribution in [3.05, 3.63) is 52.5 Å². The highest BCUT2D eigenvalue weighted by atomic mass is 35.5. The van der Waals surface area contributed by atoms with Crippen LogP contribution >= 0.6 is 11.6 Å². The number of hydrogen-bond acceptors (Lipinski definition) is 3. The molecule has 0 aliphatic carbocycles. The molecule has 0 radical (unpaired) electrons. The minimum Gasteiger partial charge on any atom is -0.454 e. The van der Waals surface area contributed by atoms with Crippen molar-refractivity contribution >= 4 is 17.3 Å². The summed E-state index contributed by atoms with van der Waals surface area (Å²) < 4.78 is 10.8. The predicted molar refractivity (Wildman–Crippen MR) is 76.1 cm³/mol. The van der Waals surface area contributed by atoms with E-state index in [4.69, 9.17) is 21.1 Å². The molecule has 1 aliphatic rings. The van der Waals surface area contributed by atoms with E-state index >= 15 is 0 Å². The maximum absolute atomic E-state index is 6.10. The van der Waals surface area contributed by atoms with Crippen LogP contribution < -0.4 is 14.8 Å². The maximum atomic E-state index is 6.10. The Bertz CT molecular complexity index is 613. The second kappa shape index (κ2) is 5.02. The summed E-state index contributed by atoms with van der Waals surface area (Å²) in [5.74, 6) is 1.64. The zero-order valence-corrected chi connectivity index (χ0v) is 11.3. The maximum Gasteiger partial charge on any atom is 0.231 e. The summed E-state index contributed by atoms with van der Waals surface area (Å²) in [5, 5.41) is 4.15. The Hall–Kier alpha value is -1.87. The van der Waals surface area contributed by atoms with Gasteiger partial charge in [0.05, 0.1) is 0 Å². The van der Waals surface area contributed by atoms with E-state index in [-0.39, 0.29) is 0 Å². The fourth-order valence-corrected chi connectivity index (χ4v) is 2.29. The van der Waals surface area contributed by atoms with Crippen LogP contribution in [0.5, 0.6) is 11.5 Å². The molecule has 98 valence electrons. The molecular weight excluding hydrogens is 262 g/mol. The van der Waals surface area contributed by atoms with Crippen molar-refractivity contribution in [1.82, 2.24) is 0 Å². The molecular formula is C15H14ClNO2. The minimum atomic E-state index is 0.294. The summed E-state index contributed by atoms with van der Waals surface area (Å²) in [6.07, 6.45) is 0. The van der Waals surface area contributed by atoms with Crippen LogP contribution in [0.4, 0.5) is 5.69 Å². The van der Waals surface area contributed by atoms with Crippen molar-refractivity contribution in [3.63, 3.8) is 0 Å². The summed E-state index contributed by atoms with van der Waals surface area (Å²) in [4.78, 5) is 0. The van der Waals surface area contributed by atoms with E-state index in [0.717, 1.165) is 33.3 Å². The topological polar surface area (TPSA) is 30.5 Å². The Kier molecular flexibility index (Phi) is 3.22. The standard InChI is InChI=1S/C15H14ClNO2/c1-10-12(16)5-3-6-13(10)17-8-11-4-2-7-14-15(11)19-9-18-14/h2-7,17H,8-9H2,1H3. The van der Waals surface area contributed by atoms with Gasteiger partial charge in [0.25, 0.3) is 0 Å². The lowest BCUT2D eigenvalue weighted by Crippen LogP contribution is -2.02. The van der Waals surface area contributed by atoms with E-state index in [1.54, 1.807) is 0 Å². The van der Waals surface area contributed by atoms with Gasteiger partial charge >= 0.3 is 0 Å². The van der Waals surface area contributed by atoms with Gasteiger partial charge in [-0.2, -0.15) is 0 Å². The van der Waals surface area contributed by atoms with Crippen LogP contribution in [0.3, 0.4) is 0 Å². The molecule has 0 fully saturated rings. The van der Waals surface area contributed by atoms with E-state index in [0.29, 0.717) is 13.3 Å². The molecule has 2 aromatic rings. The van der Waals surface area contributed by atoms with Gasteiger partial charge in [-0.1, -0.05) is 29.8 Å². The van der Waals surface area contributed by atoms with Gasteiger partial charge in [0.15, 0.2) is 11.5 Å². The minimum absolute atomic E-state index is 0.294. The molecule has 0 unspecified atom stereocenters. The van der Waals surface area contributed by atoms with E-state index < -0.39 is 0 Å². The number of anilines is 1. The number of fused-ring (bicyclic) bond motifs is 1. The number of ether oxygens (including phenoxy) is 2. The number of hydrogen-bond donors (Lipinski definition) is 1. The zero-order valence-electron chi connectivity index (χ0n) is 10.6. The fraction of sp³-hybridized carbons (Fsp3) is 0.200. The lowest BCUT2D eigenvalue weighted by atomic mass is 10.1. The molecule has 1 N–H and O–H groups in total. The summed E-state index contributed by atoms with van der Waals surface area (Å²) in [6.45, 7) is 2.97. The molecule has 1 aliphatic heterocycles. The SMILES string of the molecule is Cc1c(Cl)cccc1NCc1cccc2c1OCO2. The van der Waals surface area contributed by atoms with Gasteiger partial charge in [0.2, 0.25) is 6.79 Å². The van der Waals surface area contributed by atoms with Gasteiger partial charge in [-0.15, -0.1) is 0 Å². The highest BCUT2D eigenvalue weighted by molar-refractivity contribution is 6.31. The Morgan fingerprint density at radius 3 is 2.89 bits per heavy atom.